The van der Waals surface area contributed by atoms with Crippen molar-refractivity contribution < 1.29 is 5.11 Å². The second-order valence-electron chi connectivity index (χ2n) is 3.03. The van der Waals surface area contributed by atoms with Crippen LogP contribution in [-0.4, -0.2) is 10.1 Å². The normalized spacial score (nSPS) is 10.5. The van der Waals surface area contributed by atoms with Gasteiger partial charge in [0.2, 0.25) is 0 Å². The highest BCUT2D eigenvalue weighted by Crippen LogP contribution is 2.30. The number of hydrogen-bond donors (Lipinski definition) is 2. The summed E-state index contributed by atoms with van der Waals surface area (Å²) in [4.78, 5) is 4.10. The molecule has 3 nitrogen and oxygen atoms in total. The molecular weight excluding hydrogens is 164 g/mol. The van der Waals surface area contributed by atoms with Crippen LogP contribution in [0.25, 0.3) is 10.9 Å². The van der Waals surface area contributed by atoms with Crippen molar-refractivity contribution in [1.82, 2.24) is 4.98 Å². The van der Waals surface area contributed by atoms with E-state index in [0.717, 1.165) is 5.56 Å². The first-order valence-corrected chi connectivity index (χ1v) is 4.03. The Balaban J connectivity index is 2.97. The van der Waals surface area contributed by atoms with Crippen molar-refractivity contribution in [2.45, 2.75) is 6.92 Å². The van der Waals surface area contributed by atoms with Crippen molar-refractivity contribution in [3.05, 3.63) is 30.0 Å². The molecule has 0 saturated heterocycles. The third kappa shape index (κ3) is 1.09. The van der Waals surface area contributed by atoms with E-state index in [4.69, 9.17) is 5.73 Å². The van der Waals surface area contributed by atoms with Gasteiger partial charge in [-0.15, -0.1) is 0 Å². The minimum Gasteiger partial charge on any atom is -0.507 e. The summed E-state index contributed by atoms with van der Waals surface area (Å²) in [7, 11) is 0. The molecule has 0 aliphatic rings. The lowest BCUT2D eigenvalue weighted by atomic mass is 10.1. The SMILES string of the molecule is Cc1cc(N)c2ncccc2c1O. The van der Waals surface area contributed by atoms with Gasteiger partial charge in [0.25, 0.3) is 0 Å². The number of benzene rings is 1. The van der Waals surface area contributed by atoms with Crippen LogP contribution < -0.4 is 5.73 Å². The topological polar surface area (TPSA) is 59.1 Å². The first-order chi connectivity index (χ1) is 6.20. The number of phenols is 1. The highest BCUT2D eigenvalue weighted by molar-refractivity contribution is 5.94. The molecule has 3 N–H and O–H groups in total. The summed E-state index contributed by atoms with van der Waals surface area (Å²) in [5.41, 5.74) is 7.79. The van der Waals surface area contributed by atoms with Gasteiger partial charge < -0.3 is 10.8 Å². The Kier molecular flexibility index (Phi) is 1.59. The van der Waals surface area contributed by atoms with E-state index in [2.05, 4.69) is 4.98 Å². The van der Waals surface area contributed by atoms with Gasteiger partial charge in [-0.05, 0) is 30.7 Å². The maximum atomic E-state index is 9.69. The molecule has 0 fully saturated rings. The lowest BCUT2D eigenvalue weighted by Gasteiger charge is -2.05. The van der Waals surface area contributed by atoms with E-state index < -0.39 is 0 Å². The summed E-state index contributed by atoms with van der Waals surface area (Å²) in [6.07, 6.45) is 1.66. The van der Waals surface area contributed by atoms with E-state index >= 15 is 0 Å². The molecule has 0 amide bonds. The minimum atomic E-state index is 0.261. The highest BCUT2D eigenvalue weighted by Gasteiger charge is 2.06. The Morgan fingerprint density at radius 2 is 2.23 bits per heavy atom. The van der Waals surface area contributed by atoms with E-state index in [1.165, 1.54) is 0 Å². The molecule has 1 aromatic heterocycles. The molecule has 0 unspecified atom stereocenters. The molecule has 0 spiro atoms. The van der Waals surface area contributed by atoms with Crippen molar-refractivity contribution >= 4 is 16.6 Å². The molecule has 0 atom stereocenters. The lowest BCUT2D eigenvalue weighted by molar-refractivity contribution is 0.477. The van der Waals surface area contributed by atoms with Crippen molar-refractivity contribution in [1.29, 1.82) is 0 Å². The van der Waals surface area contributed by atoms with Crippen LogP contribution in [0.4, 0.5) is 5.69 Å². The Morgan fingerprint density at radius 3 is 3.00 bits per heavy atom. The van der Waals surface area contributed by atoms with Gasteiger partial charge in [-0.2, -0.15) is 0 Å². The first-order valence-electron chi connectivity index (χ1n) is 4.03. The first kappa shape index (κ1) is 7.86. The van der Waals surface area contributed by atoms with Crippen LogP contribution in [0.15, 0.2) is 24.4 Å². The van der Waals surface area contributed by atoms with Gasteiger partial charge in [-0.1, -0.05) is 0 Å². The minimum absolute atomic E-state index is 0.261. The molecule has 3 heteroatoms. The molecule has 2 rings (SSSR count). The van der Waals surface area contributed by atoms with Gasteiger partial charge in [-0.25, -0.2) is 0 Å². The molecule has 0 aliphatic carbocycles. The lowest BCUT2D eigenvalue weighted by Crippen LogP contribution is -1.91. The zero-order valence-corrected chi connectivity index (χ0v) is 7.28. The fourth-order valence-electron chi connectivity index (χ4n) is 1.41. The van der Waals surface area contributed by atoms with Gasteiger partial charge in [0.15, 0.2) is 0 Å². The van der Waals surface area contributed by atoms with Gasteiger partial charge in [0.05, 0.1) is 11.2 Å². The van der Waals surface area contributed by atoms with Crippen LogP contribution in [-0.2, 0) is 0 Å². The number of hydrogen-bond acceptors (Lipinski definition) is 3. The number of nitrogen functional groups attached to an aromatic ring is 1. The quantitative estimate of drug-likeness (QED) is 0.473. The second-order valence-corrected chi connectivity index (χ2v) is 3.03. The Labute approximate surface area is 75.8 Å². The predicted molar refractivity (Wildman–Crippen MR) is 52.6 cm³/mol. The molecule has 0 radical (unpaired) electrons. The fraction of sp³-hybridized carbons (Fsp3) is 0.100. The second kappa shape index (κ2) is 2.62. The van der Waals surface area contributed by atoms with E-state index in [1.807, 2.05) is 6.92 Å². The number of nitrogens with two attached hydrogens (primary N) is 1. The van der Waals surface area contributed by atoms with Crippen LogP contribution in [0, 0.1) is 6.92 Å². The summed E-state index contributed by atoms with van der Waals surface area (Å²) in [6.45, 7) is 1.82. The molecule has 0 saturated carbocycles. The maximum absolute atomic E-state index is 9.69. The van der Waals surface area contributed by atoms with Gasteiger partial charge >= 0.3 is 0 Å². The van der Waals surface area contributed by atoms with Crippen LogP contribution in [0.1, 0.15) is 5.56 Å². The van der Waals surface area contributed by atoms with E-state index in [9.17, 15) is 5.11 Å². The molecule has 66 valence electrons. The number of pyridine rings is 1. The monoisotopic (exact) mass is 174 g/mol. The molecule has 0 aliphatic heterocycles. The van der Waals surface area contributed by atoms with Gasteiger partial charge in [-0.3, -0.25) is 4.98 Å². The predicted octanol–water partition coefficient (Wildman–Crippen LogP) is 1.83. The zero-order valence-electron chi connectivity index (χ0n) is 7.28. The van der Waals surface area contributed by atoms with Crippen molar-refractivity contribution in [3.8, 4) is 5.75 Å². The van der Waals surface area contributed by atoms with Crippen LogP contribution in [0.2, 0.25) is 0 Å². The van der Waals surface area contributed by atoms with Crippen molar-refractivity contribution in [2.75, 3.05) is 5.73 Å². The molecule has 0 bridgehead atoms. The highest BCUT2D eigenvalue weighted by atomic mass is 16.3. The number of nitrogens with zero attached hydrogens (tertiary/aromatic N) is 1. The smallest absolute Gasteiger partial charge is 0.128 e. The largest absolute Gasteiger partial charge is 0.507 e. The summed E-state index contributed by atoms with van der Waals surface area (Å²) >= 11 is 0. The van der Waals surface area contributed by atoms with Gasteiger partial charge in [0, 0.05) is 11.6 Å². The number of fused-ring (bicyclic) bond motifs is 1. The number of anilines is 1. The van der Waals surface area contributed by atoms with Crippen LogP contribution in [0.3, 0.4) is 0 Å². The summed E-state index contributed by atoms with van der Waals surface area (Å²) in [6, 6.07) is 5.31. The average Bonchev–Trinajstić information content (AvgIpc) is 2.15. The summed E-state index contributed by atoms with van der Waals surface area (Å²) in [5, 5.41) is 10.4. The number of aromatic hydroxyl groups is 1. The van der Waals surface area contributed by atoms with Crippen LogP contribution in [0.5, 0.6) is 5.75 Å². The van der Waals surface area contributed by atoms with E-state index in [1.54, 1.807) is 24.4 Å². The Hall–Kier alpha value is -1.77. The van der Waals surface area contributed by atoms with Crippen molar-refractivity contribution in [2.24, 2.45) is 0 Å². The Bertz CT molecular complexity index is 466. The zero-order chi connectivity index (χ0) is 9.42. The van der Waals surface area contributed by atoms with Gasteiger partial charge in [0.1, 0.15) is 5.75 Å². The van der Waals surface area contributed by atoms with E-state index in [-0.39, 0.29) is 5.75 Å². The number of aryl methyl sites for hydroxylation is 1. The number of phenolic OH excluding ortho intramolecular Hbond substituents is 1. The molecular formula is C10H10N2O. The molecule has 1 aromatic carbocycles. The molecule has 2 aromatic rings. The third-order valence-electron chi connectivity index (χ3n) is 2.08. The van der Waals surface area contributed by atoms with Crippen LogP contribution >= 0.6 is 0 Å². The summed E-state index contributed by atoms with van der Waals surface area (Å²) < 4.78 is 0. The number of aromatic nitrogens is 1. The Morgan fingerprint density at radius 1 is 1.46 bits per heavy atom. The number of rotatable bonds is 0. The maximum Gasteiger partial charge on any atom is 0.128 e. The van der Waals surface area contributed by atoms with Crippen molar-refractivity contribution in [3.63, 3.8) is 0 Å². The standard InChI is InChI=1S/C10H10N2O/c1-6-5-8(11)9-7(10(6)13)3-2-4-12-9/h2-5,13H,11H2,1H3. The molecule has 1 heterocycles. The molecule has 13 heavy (non-hydrogen) atoms. The average molecular weight is 174 g/mol. The third-order valence-corrected chi connectivity index (χ3v) is 2.08. The fourth-order valence-corrected chi connectivity index (χ4v) is 1.41. The van der Waals surface area contributed by atoms with E-state index in [0.29, 0.717) is 16.6 Å². The summed E-state index contributed by atoms with van der Waals surface area (Å²) in [5.74, 6) is 0.261.